The van der Waals surface area contributed by atoms with Crippen LogP contribution in [-0.2, 0) is 6.54 Å². The third-order valence-electron chi connectivity index (χ3n) is 7.83. The van der Waals surface area contributed by atoms with Crippen LogP contribution in [0.4, 0.5) is 0 Å². The number of rotatable bonds is 7. The number of amides is 1. The summed E-state index contributed by atoms with van der Waals surface area (Å²) in [4.78, 5) is 16.9. The van der Waals surface area contributed by atoms with Crippen molar-refractivity contribution in [1.29, 1.82) is 0 Å². The number of hydrogen-bond donors (Lipinski definition) is 0. The van der Waals surface area contributed by atoms with Crippen molar-refractivity contribution >= 4 is 38.9 Å². The molecule has 0 atom stereocenters. The Balaban J connectivity index is 1.52. The van der Waals surface area contributed by atoms with Gasteiger partial charge in [-0.05, 0) is 67.9 Å². The molecule has 0 aliphatic heterocycles. The van der Waals surface area contributed by atoms with Gasteiger partial charge in [-0.25, -0.2) is 0 Å². The quantitative estimate of drug-likeness (QED) is 0.238. The van der Waals surface area contributed by atoms with Gasteiger partial charge in [0.15, 0.2) is 0 Å². The zero-order chi connectivity index (χ0) is 25.9. The molecule has 0 N–H and O–H groups in total. The number of ether oxygens (including phenoxy) is 1. The average Bonchev–Trinajstić information content (AvgIpc) is 3.28. The van der Waals surface area contributed by atoms with E-state index in [1.807, 2.05) is 30.3 Å². The highest BCUT2D eigenvalue weighted by atomic mass is 35.5. The molecule has 1 fully saturated rings. The highest BCUT2D eigenvalue weighted by Gasteiger charge is 2.32. The van der Waals surface area contributed by atoms with Crippen molar-refractivity contribution in [2.75, 3.05) is 7.11 Å². The van der Waals surface area contributed by atoms with Gasteiger partial charge in [0.05, 0.1) is 12.1 Å². The number of methoxy groups -OCH3 is 1. The van der Waals surface area contributed by atoms with Crippen LogP contribution >= 0.6 is 22.9 Å². The normalized spacial score (nSPS) is 17.6. The van der Waals surface area contributed by atoms with Crippen molar-refractivity contribution in [3.05, 3.63) is 87.8 Å². The zero-order valence-corrected chi connectivity index (χ0v) is 23.4. The number of fused-ring (bicyclic) bond motifs is 1. The van der Waals surface area contributed by atoms with E-state index >= 15 is 0 Å². The Hall–Kier alpha value is -2.82. The molecule has 3 aromatic carbocycles. The third-order valence-corrected chi connectivity index (χ3v) is 9.49. The summed E-state index contributed by atoms with van der Waals surface area (Å²) in [7, 11) is 1.70. The molecule has 0 bridgehead atoms. The van der Waals surface area contributed by atoms with E-state index < -0.39 is 0 Å². The summed E-state index contributed by atoms with van der Waals surface area (Å²) in [6.45, 7) is 4.86. The molecule has 1 aliphatic rings. The van der Waals surface area contributed by atoms with E-state index in [2.05, 4.69) is 55.1 Å². The molecule has 5 rings (SSSR count). The van der Waals surface area contributed by atoms with E-state index in [9.17, 15) is 4.79 Å². The largest absolute Gasteiger partial charge is 0.496 e. The third kappa shape index (κ3) is 5.42. The Morgan fingerprint density at radius 2 is 1.70 bits per heavy atom. The number of thiophene rings is 1. The monoisotopic (exact) mass is 531 g/mol. The Morgan fingerprint density at radius 1 is 1.00 bits per heavy atom. The molecule has 1 amide bonds. The first-order chi connectivity index (χ1) is 18.0. The highest BCUT2D eigenvalue weighted by Crippen LogP contribution is 2.39. The summed E-state index contributed by atoms with van der Waals surface area (Å²) in [6, 6.07) is 23.0. The van der Waals surface area contributed by atoms with E-state index in [1.54, 1.807) is 7.11 Å². The number of nitrogens with zero attached hydrogens (tertiary/aromatic N) is 1. The van der Waals surface area contributed by atoms with Crippen molar-refractivity contribution in [2.45, 2.75) is 58.5 Å². The molecule has 1 saturated carbocycles. The summed E-state index contributed by atoms with van der Waals surface area (Å²) < 4.78 is 6.82. The van der Waals surface area contributed by atoms with Gasteiger partial charge in [-0.15, -0.1) is 11.3 Å². The summed E-state index contributed by atoms with van der Waals surface area (Å²) in [6.07, 6.45) is 5.56. The van der Waals surface area contributed by atoms with Gasteiger partial charge in [0.1, 0.15) is 10.6 Å². The number of halogens is 1. The maximum Gasteiger partial charge on any atom is 0.266 e. The molecule has 0 spiro atoms. The van der Waals surface area contributed by atoms with Crippen molar-refractivity contribution in [1.82, 2.24) is 4.90 Å². The second kappa shape index (κ2) is 11.3. The fraction of sp³-hybridized carbons (Fsp3) is 0.344. The molecular weight excluding hydrogens is 498 g/mol. The maximum atomic E-state index is 14.2. The molecule has 0 unspecified atom stereocenters. The Kier molecular flexibility index (Phi) is 7.87. The van der Waals surface area contributed by atoms with Crippen molar-refractivity contribution in [3.8, 4) is 16.9 Å². The summed E-state index contributed by atoms with van der Waals surface area (Å²) in [5.41, 5.74) is 4.53. The second-order valence-electron chi connectivity index (χ2n) is 10.1. The zero-order valence-electron chi connectivity index (χ0n) is 21.8. The lowest BCUT2D eigenvalue weighted by molar-refractivity contribution is 0.0591. The van der Waals surface area contributed by atoms with Crippen LogP contribution in [0, 0.1) is 12.8 Å². The van der Waals surface area contributed by atoms with Crippen molar-refractivity contribution < 1.29 is 9.53 Å². The van der Waals surface area contributed by atoms with E-state index in [1.165, 1.54) is 23.3 Å². The van der Waals surface area contributed by atoms with Gasteiger partial charge in [-0.2, -0.15) is 0 Å². The Bertz CT molecular complexity index is 1390. The molecule has 1 aliphatic carbocycles. The lowest BCUT2D eigenvalue weighted by Crippen LogP contribution is -2.41. The number of carbonyl (C=O) groups excluding carboxylic acids is 1. The number of aryl methyl sites for hydroxylation is 1. The fourth-order valence-electron chi connectivity index (χ4n) is 5.52. The van der Waals surface area contributed by atoms with E-state index in [4.69, 9.17) is 16.3 Å². The van der Waals surface area contributed by atoms with Gasteiger partial charge in [0.25, 0.3) is 5.91 Å². The fourth-order valence-corrected chi connectivity index (χ4v) is 6.99. The van der Waals surface area contributed by atoms with Crippen LogP contribution in [-0.4, -0.2) is 24.0 Å². The Morgan fingerprint density at radius 3 is 2.38 bits per heavy atom. The molecule has 1 aromatic heterocycles. The van der Waals surface area contributed by atoms with Crippen LogP contribution < -0.4 is 4.74 Å². The lowest BCUT2D eigenvalue weighted by Gasteiger charge is -2.37. The molecule has 5 heteroatoms. The van der Waals surface area contributed by atoms with Crippen molar-refractivity contribution in [3.63, 3.8) is 0 Å². The van der Waals surface area contributed by atoms with Crippen LogP contribution in [0.1, 0.15) is 59.8 Å². The average molecular weight is 532 g/mol. The van der Waals surface area contributed by atoms with Crippen LogP contribution in [0.3, 0.4) is 0 Å². The SMILES string of the molecule is CC[C@H]1CC[C@H](N(Cc2cc(-c3ccc(C)cc3)ccc2OC)C(=O)c2sc3ccccc3c2Cl)CC1. The molecule has 1 heterocycles. The maximum absolute atomic E-state index is 14.2. The van der Waals surface area contributed by atoms with Gasteiger partial charge in [-0.3, -0.25) is 4.79 Å². The van der Waals surface area contributed by atoms with Crippen LogP contribution in [0.2, 0.25) is 5.02 Å². The first-order valence-corrected chi connectivity index (χ1v) is 14.4. The molecule has 3 nitrogen and oxygen atoms in total. The van der Waals surface area contributed by atoms with Gasteiger partial charge < -0.3 is 9.64 Å². The van der Waals surface area contributed by atoms with Gasteiger partial charge in [0, 0.05) is 28.2 Å². The van der Waals surface area contributed by atoms with Crippen molar-refractivity contribution in [2.24, 2.45) is 5.92 Å². The van der Waals surface area contributed by atoms with E-state index in [-0.39, 0.29) is 11.9 Å². The summed E-state index contributed by atoms with van der Waals surface area (Å²) >= 11 is 8.30. The molecular formula is C32H34ClNO2S. The minimum absolute atomic E-state index is 0.0222. The van der Waals surface area contributed by atoms with Crippen LogP contribution in [0.25, 0.3) is 21.2 Å². The van der Waals surface area contributed by atoms with Gasteiger partial charge >= 0.3 is 0 Å². The summed E-state index contributed by atoms with van der Waals surface area (Å²) in [5, 5.41) is 1.52. The number of carbonyl (C=O) groups is 1. The van der Waals surface area contributed by atoms with Gasteiger partial charge in [-0.1, -0.05) is 79.0 Å². The number of benzene rings is 3. The number of hydrogen-bond acceptors (Lipinski definition) is 3. The van der Waals surface area contributed by atoms with E-state index in [0.717, 1.165) is 64.1 Å². The predicted octanol–water partition coefficient (Wildman–Crippen LogP) is 9.15. The topological polar surface area (TPSA) is 29.5 Å². The Labute approximate surface area is 229 Å². The van der Waals surface area contributed by atoms with E-state index in [0.29, 0.717) is 16.4 Å². The molecule has 4 aromatic rings. The van der Waals surface area contributed by atoms with Crippen LogP contribution in [0.15, 0.2) is 66.7 Å². The standard InChI is InChI=1S/C32H34ClNO2S/c1-4-22-11-16-26(17-12-22)34(32(35)31-30(33)27-7-5-6-8-29(27)37-31)20-25-19-24(15-18-28(25)36-3)23-13-9-21(2)10-14-23/h5-10,13-15,18-19,22,26H,4,11-12,16-17,20H2,1-3H3/t22-,26-. The first kappa shape index (κ1) is 25.8. The highest BCUT2D eigenvalue weighted by molar-refractivity contribution is 7.21. The molecule has 37 heavy (non-hydrogen) atoms. The van der Waals surface area contributed by atoms with Gasteiger partial charge in [0.2, 0.25) is 0 Å². The smallest absolute Gasteiger partial charge is 0.266 e. The molecule has 192 valence electrons. The first-order valence-electron chi connectivity index (χ1n) is 13.2. The van der Waals surface area contributed by atoms with Crippen LogP contribution in [0.5, 0.6) is 5.75 Å². The molecule has 0 radical (unpaired) electrons. The minimum atomic E-state index is 0.0222. The lowest BCUT2D eigenvalue weighted by atomic mass is 9.83. The summed E-state index contributed by atoms with van der Waals surface area (Å²) in [5.74, 6) is 1.58. The predicted molar refractivity (Wildman–Crippen MR) is 156 cm³/mol. The molecule has 0 saturated heterocycles. The minimum Gasteiger partial charge on any atom is -0.496 e. The second-order valence-corrected chi connectivity index (χ2v) is 11.6.